The average Bonchev–Trinajstić information content (AvgIpc) is 2.75. The number of aryl methyl sites for hydroxylation is 1. The molecular formula is C27H37NO3. The summed E-state index contributed by atoms with van der Waals surface area (Å²) in [6.07, 6.45) is 3.12. The monoisotopic (exact) mass is 423 g/mol. The third kappa shape index (κ3) is 5.48. The Balaban J connectivity index is 1.85. The van der Waals surface area contributed by atoms with Crippen molar-refractivity contribution in [3.05, 3.63) is 65.2 Å². The van der Waals surface area contributed by atoms with Gasteiger partial charge in [0.25, 0.3) is 0 Å². The maximum absolute atomic E-state index is 13.5. The van der Waals surface area contributed by atoms with Gasteiger partial charge in [-0.15, -0.1) is 0 Å². The predicted octanol–water partition coefficient (Wildman–Crippen LogP) is 5.76. The quantitative estimate of drug-likeness (QED) is 0.531. The van der Waals surface area contributed by atoms with Crippen molar-refractivity contribution >= 4 is 5.97 Å². The summed E-state index contributed by atoms with van der Waals surface area (Å²) in [5.74, 6) is 1.82. The summed E-state index contributed by atoms with van der Waals surface area (Å²) in [6.45, 7) is 6.56. The van der Waals surface area contributed by atoms with E-state index in [9.17, 15) is 4.79 Å². The Kier molecular flexibility index (Phi) is 7.77. The van der Waals surface area contributed by atoms with Gasteiger partial charge < -0.3 is 9.47 Å². The second-order valence-electron chi connectivity index (χ2n) is 9.35. The molecule has 0 aromatic heterocycles. The molecule has 0 heterocycles. The molecule has 0 saturated heterocycles. The number of nitrogens with zero attached hydrogens (tertiary/aromatic N) is 1. The summed E-state index contributed by atoms with van der Waals surface area (Å²) in [5.41, 5.74) is 3.31. The third-order valence-electron chi connectivity index (χ3n) is 6.86. The maximum Gasteiger partial charge on any atom is 0.328 e. The molecule has 0 amide bonds. The number of ether oxygens (including phenoxy) is 2. The fourth-order valence-corrected chi connectivity index (χ4v) is 4.93. The lowest BCUT2D eigenvalue weighted by molar-refractivity contribution is -0.161. The Morgan fingerprint density at radius 3 is 2.45 bits per heavy atom. The average molecular weight is 424 g/mol. The van der Waals surface area contributed by atoms with Gasteiger partial charge in [-0.1, -0.05) is 56.7 Å². The first-order valence-corrected chi connectivity index (χ1v) is 11.4. The van der Waals surface area contributed by atoms with Gasteiger partial charge >= 0.3 is 5.97 Å². The summed E-state index contributed by atoms with van der Waals surface area (Å²) in [5, 5.41) is 0. The lowest BCUT2D eigenvalue weighted by Crippen LogP contribution is -2.39. The van der Waals surface area contributed by atoms with Gasteiger partial charge in [-0.25, -0.2) is 4.79 Å². The highest BCUT2D eigenvalue weighted by molar-refractivity contribution is 5.78. The molecule has 0 N–H and O–H groups in total. The molecular weight excluding hydrogens is 386 g/mol. The van der Waals surface area contributed by atoms with Crippen LogP contribution in [0.2, 0.25) is 0 Å². The lowest BCUT2D eigenvalue weighted by Gasteiger charge is -2.39. The first-order chi connectivity index (χ1) is 14.8. The summed E-state index contributed by atoms with van der Waals surface area (Å²) in [7, 11) is 5.51. The molecule has 4 heteroatoms. The largest absolute Gasteiger partial charge is 0.497 e. The molecule has 1 aliphatic carbocycles. The van der Waals surface area contributed by atoms with Gasteiger partial charge in [0.2, 0.25) is 0 Å². The van der Waals surface area contributed by atoms with Crippen LogP contribution in [0.3, 0.4) is 0 Å². The van der Waals surface area contributed by atoms with Gasteiger partial charge in [0.1, 0.15) is 17.9 Å². The number of esters is 1. The zero-order valence-electron chi connectivity index (χ0n) is 19.8. The third-order valence-corrected chi connectivity index (χ3v) is 6.86. The van der Waals surface area contributed by atoms with E-state index < -0.39 is 6.04 Å². The second-order valence-corrected chi connectivity index (χ2v) is 9.35. The summed E-state index contributed by atoms with van der Waals surface area (Å²) < 4.78 is 11.7. The molecule has 1 saturated carbocycles. The Hall–Kier alpha value is -2.33. The number of carbonyl (C=O) groups excluding carboxylic acids is 1. The van der Waals surface area contributed by atoms with Crippen LogP contribution in [0, 0.1) is 18.8 Å². The van der Waals surface area contributed by atoms with Crippen LogP contribution >= 0.6 is 0 Å². The van der Waals surface area contributed by atoms with Crippen molar-refractivity contribution in [1.82, 2.24) is 4.90 Å². The fourth-order valence-electron chi connectivity index (χ4n) is 4.93. The van der Waals surface area contributed by atoms with Gasteiger partial charge in [0.05, 0.1) is 7.11 Å². The number of carbonyl (C=O) groups is 1. The van der Waals surface area contributed by atoms with E-state index in [1.165, 1.54) is 12.0 Å². The number of benzene rings is 2. The SMILES string of the molecule is COc1ccc(C)c([C@@H](C(=O)O[C@@H]2C[C@H](C)CC[C@H]2[C@H](C)c2ccccc2)N(C)C)c1. The van der Waals surface area contributed by atoms with Crippen LogP contribution < -0.4 is 4.74 Å². The predicted molar refractivity (Wildman–Crippen MR) is 125 cm³/mol. The van der Waals surface area contributed by atoms with Crippen molar-refractivity contribution in [3.8, 4) is 5.75 Å². The standard InChI is InChI=1S/C27H37NO3/c1-18-12-15-23(20(3)21-10-8-7-9-11-21)25(16-18)31-27(29)26(28(4)5)24-17-22(30-6)14-13-19(24)2/h7-11,13-14,17-18,20,23,25-26H,12,15-16H2,1-6H3/t18-,20-,23+,25-,26+/m1/s1. The highest BCUT2D eigenvalue weighted by Crippen LogP contribution is 2.40. The highest BCUT2D eigenvalue weighted by Gasteiger charge is 2.37. The molecule has 5 atom stereocenters. The number of likely N-dealkylation sites (N-methyl/N-ethyl adjacent to an activating group) is 1. The van der Waals surface area contributed by atoms with Gasteiger partial charge in [0.15, 0.2) is 0 Å². The van der Waals surface area contributed by atoms with E-state index in [1.807, 2.05) is 44.1 Å². The molecule has 0 radical (unpaired) electrons. The summed E-state index contributed by atoms with van der Waals surface area (Å²) in [6, 6.07) is 16.0. The van der Waals surface area contributed by atoms with E-state index in [0.717, 1.165) is 29.7 Å². The van der Waals surface area contributed by atoms with Crippen molar-refractivity contribution in [3.63, 3.8) is 0 Å². The number of hydrogen-bond acceptors (Lipinski definition) is 4. The van der Waals surface area contributed by atoms with E-state index in [-0.39, 0.29) is 12.1 Å². The molecule has 0 bridgehead atoms. The Labute approximate surface area is 187 Å². The second kappa shape index (κ2) is 10.3. The minimum atomic E-state index is -0.458. The molecule has 0 unspecified atom stereocenters. The molecule has 168 valence electrons. The fraction of sp³-hybridized carbons (Fsp3) is 0.519. The highest BCUT2D eigenvalue weighted by atomic mass is 16.5. The molecule has 31 heavy (non-hydrogen) atoms. The van der Waals surface area contributed by atoms with E-state index in [0.29, 0.717) is 17.8 Å². The van der Waals surface area contributed by atoms with E-state index in [1.54, 1.807) is 7.11 Å². The minimum absolute atomic E-state index is 0.0696. The molecule has 2 aromatic rings. The van der Waals surface area contributed by atoms with Crippen LogP contribution in [0.4, 0.5) is 0 Å². The van der Waals surface area contributed by atoms with E-state index in [2.05, 4.69) is 44.2 Å². The molecule has 3 rings (SSSR count). The first-order valence-electron chi connectivity index (χ1n) is 11.4. The van der Waals surface area contributed by atoms with Crippen molar-refractivity contribution < 1.29 is 14.3 Å². The van der Waals surface area contributed by atoms with Crippen molar-refractivity contribution in [1.29, 1.82) is 0 Å². The summed E-state index contributed by atoms with van der Waals surface area (Å²) in [4.78, 5) is 15.4. The number of methoxy groups -OCH3 is 1. The van der Waals surface area contributed by atoms with Crippen LogP contribution in [0.5, 0.6) is 5.75 Å². The molecule has 2 aromatic carbocycles. The number of rotatable bonds is 7. The Morgan fingerprint density at radius 2 is 1.81 bits per heavy atom. The van der Waals surface area contributed by atoms with Crippen LogP contribution in [0.15, 0.2) is 48.5 Å². The molecule has 1 fully saturated rings. The van der Waals surface area contributed by atoms with Crippen LogP contribution in [0.25, 0.3) is 0 Å². The Bertz CT molecular complexity index is 864. The zero-order valence-corrected chi connectivity index (χ0v) is 19.8. The first kappa shape index (κ1) is 23.3. The normalized spacial score (nSPS) is 23.3. The van der Waals surface area contributed by atoms with E-state index >= 15 is 0 Å². The van der Waals surface area contributed by atoms with E-state index in [4.69, 9.17) is 9.47 Å². The van der Waals surface area contributed by atoms with Crippen molar-refractivity contribution in [2.45, 2.75) is 58.1 Å². The van der Waals surface area contributed by atoms with Gasteiger partial charge in [-0.3, -0.25) is 4.90 Å². The zero-order chi connectivity index (χ0) is 22.5. The molecule has 4 nitrogen and oxygen atoms in total. The van der Waals surface area contributed by atoms with Crippen LogP contribution in [-0.4, -0.2) is 38.2 Å². The lowest BCUT2D eigenvalue weighted by atomic mass is 9.73. The topological polar surface area (TPSA) is 38.8 Å². The Morgan fingerprint density at radius 1 is 1.10 bits per heavy atom. The van der Waals surface area contributed by atoms with Gasteiger partial charge in [-0.05, 0) is 74.5 Å². The van der Waals surface area contributed by atoms with Gasteiger partial charge in [-0.2, -0.15) is 0 Å². The van der Waals surface area contributed by atoms with Crippen LogP contribution in [0.1, 0.15) is 61.8 Å². The van der Waals surface area contributed by atoms with Gasteiger partial charge in [0, 0.05) is 5.92 Å². The molecule has 0 aliphatic heterocycles. The molecule has 1 aliphatic rings. The summed E-state index contributed by atoms with van der Waals surface area (Å²) >= 11 is 0. The van der Waals surface area contributed by atoms with Crippen LogP contribution in [-0.2, 0) is 9.53 Å². The molecule has 0 spiro atoms. The van der Waals surface area contributed by atoms with Crippen molar-refractivity contribution in [2.24, 2.45) is 11.8 Å². The minimum Gasteiger partial charge on any atom is -0.497 e. The van der Waals surface area contributed by atoms with Crippen molar-refractivity contribution in [2.75, 3.05) is 21.2 Å². The number of hydrogen-bond donors (Lipinski definition) is 0. The smallest absolute Gasteiger partial charge is 0.328 e. The maximum atomic E-state index is 13.5.